The van der Waals surface area contributed by atoms with Crippen LogP contribution in [0.5, 0.6) is 5.75 Å². The van der Waals surface area contributed by atoms with Crippen LogP contribution in [0.3, 0.4) is 0 Å². The molecule has 126 valence electrons. The van der Waals surface area contributed by atoms with Crippen molar-refractivity contribution in [3.05, 3.63) is 51.5 Å². The second kappa shape index (κ2) is 6.38. The number of phenols is 1. The third kappa shape index (κ3) is 3.18. The monoisotopic (exact) mass is 419 g/mol. The molecule has 4 rings (SSSR count). The van der Waals surface area contributed by atoms with Crippen LogP contribution in [-0.2, 0) is 6.54 Å². The molecule has 2 aromatic carbocycles. The molecule has 0 fully saturated rings. The highest BCUT2D eigenvalue weighted by molar-refractivity contribution is 9.10. The molecular formula is C16H11BrClN5O2. The van der Waals surface area contributed by atoms with Gasteiger partial charge in [0, 0.05) is 28.7 Å². The summed E-state index contributed by atoms with van der Waals surface area (Å²) in [6.07, 6.45) is 0. The summed E-state index contributed by atoms with van der Waals surface area (Å²) in [5, 5.41) is 27.9. The highest BCUT2D eigenvalue weighted by Crippen LogP contribution is 2.31. The maximum atomic E-state index is 9.55. The number of aromatic hydroxyl groups is 1. The lowest BCUT2D eigenvalue weighted by Gasteiger charge is -2.09. The van der Waals surface area contributed by atoms with Crippen molar-refractivity contribution in [2.24, 2.45) is 0 Å². The van der Waals surface area contributed by atoms with Gasteiger partial charge in [0.25, 0.3) is 0 Å². The van der Waals surface area contributed by atoms with Crippen LogP contribution in [0.2, 0.25) is 5.02 Å². The highest BCUT2D eigenvalue weighted by atomic mass is 79.9. The van der Waals surface area contributed by atoms with Crippen molar-refractivity contribution < 1.29 is 9.52 Å². The number of anilines is 1. The summed E-state index contributed by atoms with van der Waals surface area (Å²) >= 11 is 9.66. The minimum Gasteiger partial charge on any atom is -0.507 e. The van der Waals surface area contributed by atoms with E-state index in [1.807, 2.05) is 12.1 Å². The number of halogens is 2. The van der Waals surface area contributed by atoms with Crippen molar-refractivity contribution in [2.45, 2.75) is 6.54 Å². The SMILES string of the molecule is Oc1ccc(NCc2cc3cc(-c4nnn[nH]4)oc3cc2Cl)cc1Br. The number of benzene rings is 2. The van der Waals surface area contributed by atoms with E-state index in [2.05, 4.69) is 41.9 Å². The van der Waals surface area contributed by atoms with E-state index in [-0.39, 0.29) is 5.75 Å². The Morgan fingerprint density at radius 1 is 1.24 bits per heavy atom. The van der Waals surface area contributed by atoms with Gasteiger partial charge < -0.3 is 14.8 Å². The quantitative estimate of drug-likeness (QED) is 0.425. The first-order valence-electron chi connectivity index (χ1n) is 7.28. The summed E-state index contributed by atoms with van der Waals surface area (Å²) < 4.78 is 6.35. The normalized spacial score (nSPS) is 11.1. The lowest BCUT2D eigenvalue weighted by molar-refractivity contribution is 0.472. The molecule has 2 aromatic heterocycles. The number of aromatic nitrogens is 4. The minimum absolute atomic E-state index is 0.192. The number of H-pyrrole nitrogens is 1. The minimum atomic E-state index is 0.192. The Hall–Kier alpha value is -2.58. The molecule has 0 spiro atoms. The van der Waals surface area contributed by atoms with E-state index in [1.165, 1.54) is 0 Å². The Morgan fingerprint density at radius 2 is 2.12 bits per heavy atom. The summed E-state index contributed by atoms with van der Waals surface area (Å²) in [5.41, 5.74) is 2.44. The van der Waals surface area contributed by atoms with E-state index < -0.39 is 0 Å². The fourth-order valence-electron chi connectivity index (χ4n) is 2.44. The van der Waals surface area contributed by atoms with E-state index in [0.717, 1.165) is 16.6 Å². The number of phenolic OH excluding ortho intramolecular Hbond substituents is 1. The van der Waals surface area contributed by atoms with Crippen LogP contribution in [0.25, 0.3) is 22.6 Å². The second-order valence-electron chi connectivity index (χ2n) is 5.36. The summed E-state index contributed by atoms with van der Waals surface area (Å²) in [5.74, 6) is 1.20. The summed E-state index contributed by atoms with van der Waals surface area (Å²) in [6, 6.07) is 10.8. The van der Waals surface area contributed by atoms with Crippen LogP contribution < -0.4 is 5.32 Å². The van der Waals surface area contributed by atoms with E-state index in [0.29, 0.717) is 33.2 Å². The van der Waals surface area contributed by atoms with Crippen LogP contribution >= 0.6 is 27.5 Å². The molecule has 0 saturated carbocycles. The van der Waals surface area contributed by atoms with Crippen LogP contribution in [0.15, 0.2) is 45.3 Å². The Balaban J connectivity index is 1.60. The Kier molecular flexibility index (Phi) is 4.06. The van der Waals surface area contributed by atoms with E-state index in [4.69, 9.17) is 16.0 Å². The average molecular weight is 421 g/mol. The van der Waals surface area contributed by atoms with Gasteiger partial charge in [0.05, 0.1) is 4.47 Å². The fourth-order valence-corrected chi connectivity index (χ4v) is 3.04. The molecule has 0 amide bonds. The molecule has 4 aromatic rings. The third-order valence-electron chi connectivity index (χ3n) is 3.69. The molecule has 0 bridgehead atoms. The topological polar surface area (TPSA) is 99.9 Å². The molecule has 0 aliphatic carbocycles. The molecule has 25 heavy (non-hydrogen) atoms. The number of nitrogens with one attached hydrogen (secondary N) is 2. The maximum absolute atomic E-state index is 9.55. The number of fused-ring (bicyclic) bond motifs is 1. The van der Waals surface area contributed by atoms with Gasteiger partial charge in [-0.25, -0.2) is 5.10 Å². The van der Waals surface area contributed by atoms with E-state index in [9.17, 15) is 5.11 Å². The number of rotatable bonds is 4. The van der Waals surface area contributed by atoms with E-state index in [1.54, 1.807) is 24.3 Å². The maximum Gasteiger partial charge on any atom is 0.215 e. The summed E-state index contributed by atoms with van der Waals surface area (Å²) in [7, 11) is 0. The molecule has 0 unspecified atom stereocenters. The number of hydrogen-bond acceptors (Lipinski definition) is 6. The van der Waals surface area contributed by atoms with Crippen molar-refractivity contribution in [1.82, 2.24) is 20.6 Å². The Bertz CT molecular complexity index is 1050. The first kappa shape index (κ1) is 15.9. The van der Waals surface area contributed by atoms with Crippen molar-refractivity contribution in [2.75, 3.05) is 5.32 Å². The van der Waals surface area contributed by atoms with Crippen molar-refractivity contribution in [1.29, 1.82) is 0 Å². The number of nitrogens with zero attached hydrogens (tertiary/aromatic N) is 3. The average Bonchev–Trinajstić information content (AvgIpc) is 3.24. The fraction of sp³-hybridized carbons (Fsp3) is 0.0625. The van der Waals surface area contributed by atoms with Gasteiger partial charge in [-0.15, -0.1) is 5.10 Å². The molecule has 0 saturated heterocycles. The molecular weight excluding hydrogens is 410 g/mol. The van der Waals surface area contributed by atoms with Gasteiger partial charge in [-0.1, -0.05) is 11.6 Å². The second-order valence-corrected chi connectivity index (χ2v) is 6.62. The van der Waals surface area contributed by atoms with Crippen molar-refractivity contribution in [3.63, 3.8) is 0 Å². The highest BCUT2D eigenvalue weighted by Gasteiger charge is 2.12. The van der Waals surface area contributed by atoms with Crippen LogP contribution in [0.4, 0.5) is 5.69 Å². The Labute approximate surface area is 155 Å². The van der Waals surface area contributed by atoms with E-state index >= 15 is 0 Å². The predicted octanol–water partition coefficient (Wildman–Crippen LogP) is 4.35. The zero-order valence-corrected chi connectivity index (χ0v) is 15.0. The molecule has 9 heteroatoms. The number of hydrogen-bond donors (Lipinski definition) is 3. The molecule has 3 N–H and O–H groups in total. The first-order chi connectivity index (χ1) is 12.1. The van der Waals surface area contributed by atoms with Gasteiger partial charge in [0.1, 0.15) is 11.3 Å². The zero-order valence-electron chi connectivity index (χ0n) is 12.6. The molecule has 0 aliphatic heterocycles. The summed E-state index contributed by atoms with van der Waals surface area (Å²) in [4.78, 5) is 0. The number of furan rings is 1. The number of aromatic amines is 1. The predicted molar refractivity (Wildman–Crippen MR) is 97.5 cm³/mol. The Morgan fingerprint density at radius 3 is 2.88 bits per heavy atom. The number of tetrazole rings is 1. The van der Waals surface area contributed by atoms with Gasteiger partial charge in [0.2, 0.25) is 5.82 Å². The van der Waals surface area contributed by atoms with Gasteiger partial charge in [-0.2, -0.15) is 0 Å². The van der Waals surface area contributed by atoms with Crippen LogP contribution in [-0.4, -0.2) is 25.7 Å². The molecule has 0 radical (unpaired) electrons. The van der Waals surface area contributed by atoms with Crippen molar-refractivity contribution >= 4 is 44.2 Å². The molecule has 0 aliphatic rings. The molecule has 7 nitrogen and oxygen atoms in total. The zero-order chi connectivity index (χ0) is 17.4. The van der Waals surface area contributed by atoms with Crippen molar-refractivity contribution in [3.8, 4) is 17.3 Å². The molecule has 0 atom stereocenters. The molecule has 2 heterocycles. The van der Waals surface area contributed by atoms with Crippen LogP contribution in [0.1, 0.15) is 5.56 Å². The smallest absolute Gasteiger partial charge is 0.215 e. The largest absolute Gasteiger partial charge is 0.507 e. The van der Waals surface area contributed by atoms with Gasteiger partial charge in [-0.05, 0) is 62.3 Å². The lowest BCUT2D eigenvalue weighted by atomic mass is 10.1. The standard InChI is InChI=1S/C16H11BrClN5O2/c17-11-5-10(1-2-13(11)24)19-7-9-3-8-4-15(16-20-22-23-21-16)25-14(8)6-12(9)18/h1-6,19,24H,7H2,(H,20,21,22,23). The van der Waals surface area contributed by atoms with Crippen LogP contribution in [0, 0.1) is 0 Å². The lowest BCUT2D eigenvalue weighted by Crippen LogP contribution is -2.00. The summed E-state index contributed by atoms with van der Waals surface area (Å²) in [6.45, 7) is 0.524. The van der Waals surface area contributed by atoms with Gasteiger partial charge in [-0.3, -0.25) is 0 Å². The van der Waals surface area contributed by atoms with Gasteiger partial charge >= 0.3 is 0 Å². The first-order valence-corrected chi connectivity index (χ1v) is 8.46. The van der Waals surface area contributed by atoms with Gasteiger partial charge in [0.15, 0.2) is 5.76 Å². The third-order valence-corrected chi connectivity index (χ3v) is 4.68.